The van der Waals surface area contributed by atoms with Gasteiger partial charge in [0.1, 0.15) is 0 Å². The lowest BCUT2D eigenvalue weighted by molar-refractivity contribution is 0.144. The molecule has 1 aliphatic rings. The number of hydrogen-bond acceptors (Lipinski definition) is 2. The van der Waals surface area contributed by atoms with E-state index in [4.69, 9.17) is 0 Å². The predicted octanol–water partition coefficient (Wildman–Crippen LogP) is 3.62. The summed E-state index contributed by atoms with van der Waals surface area (Å²) in [5, 5.41) is 18.1. The molecule has 0 fully saturated rings. The fourth-order valence-electron chi connectivity index (χ4n) is 3.38. The van der Waals surface area contributed by atoms with Gasteiger partial charge in [-0.25, -0.2) is 4.79 Å². The molecule has 2 amide bonds. The molecular formula is C20H18N2O2. The second kappa shape index (κ2) is 5.98. The third-order valence-electron chi connectivity index (χ3n) is 4.53. The molecule has 4 heteroatoms. The Morgan fingerprint density at radius 2 is 1.71 bits per heavy atom. The van der Waals surface area contributed by atoms with Crippen LogP contribution in [0.3, 0.4) is 0 Å². The molecule has 0 heterocycles. The average molecular weight is 318 g/mol. The van der Waals surface area contributed by atoms with E-state index in [1.807, 2.05) is 66.7 Å². The standard InChI is InChI=1S/C20H18N2O2/c23-18-12-14-7-2-4-10-16(14)19(18)22-20(24)21-17-11-5-8-13-6-1-3-9-15(13)17/h1-11,18-19,23H,12H2,(H2,21,22,24). The molecule has 0 spiro atoms. The molecule has 1 aliphatic carbocycles. The third-order valence-corrected chi connectivity index (χ3v) is 4.53. The molecule has 0 radical (unpaired) electrons. The van der Waals surface area contributed by atoms with E-state index in [1.54, 1.807) is 0 Å². The van der Waals surface area contributed by atoms with Gasteiger partial charge in [0, 0.05) is 11.8 Å². The van der Waals surface area contributed by atoms with E-state index >= 15 is 0 Å². The molecule has 0 aliphatic heterocycles. The number of amides is 2. The lowest BCUT2D eigenvalue weighted by Gasteiger charge is -2.19. The molecule has 3 N–H and O–H groups in total. The van der Waals surface area contributed by atoms with Gasteiger partial charge >= 0.3 is 6.03 Å². The molecule has 2 unspecified atom stereocenters. The molecule has 0 bridgehead atoms. The van der Waals surface area contributed by atoms with Crippen molar-refractivity contribution in [2.75, 3.05) is 5.32 Å². The van der Waals surface area contributed by atoms with Gasteiger partial charge in [-0.15, -0.1) is 0 Å². The summed E-state index contributed by atoms with van der Waals surface area (Å²) in [6.45, 7) is 0. The van der Waals surface area contributed by atoms with E-state index in [0.29, 0.717) is 6.42 Å². The van der Waals surface area contributed by atoms with Crippen LogP contribution >= 0.6 is 0 Å². The van der Waals surface area contributed by atoms with Crippen LogP contribution in [0.4, 0.5) is 10.5 Å². The van der Waals surface area contributed by atoms with Gasteiger partial charge in [0.05, 0.1) is 17.8 Å². The van der Waals surface area contributed by atoms with Crippen LogP contribution in [0, 0.1) is 0 Å². The van der Waals surface area contributed by atoms with Crippen molar-refractivity contribution in [3.8, 4) is 0 Å². The zero-order chi connectivity index (χ0) is 16.5. The van der Waals surface area contributed by atoms with E-state index < -0.39 is 6.10 Å². The van der Waals surface area contributed by atoms with Crippen LogP contribution < -0.4 is 10.6 Å². The topological polar surface area (TPSA) is 61.4 Å². The summed E-state index contributed by atoms with van der Waals surface area (Å²) < 4.78 is 0. The van der Waals surface area contributed by atoms with Crippen molar-refractivity contribution in [1.29, 1.82) is 0 Å². The fourth-order valence-corrected chi connectivity index (χ4v) is 3.38. The summed E-state index contributed by atoms with van der Waals surface area (Å²) in [7, 11) is 0. The maximum atomic E-state index is 12.4. The van der Waals surface area contributed by atoms with Crippen molar-refractivity contribution in [1.82, 2.24) is 5.32 Å². The number of carbonyl (C=O) groups excluding carboxylic acids is 1. The summed E-state index contributed by atoms with van der Waals surface area (Å²) in [5.74, 6) is 0. The van der Waals surface area contributed by atoms with Crippen LogP contribution in [0.1, 0.15) is 17.2 Å². The second-order valence-electron chi connectivity index (χ2n) is 6.07. The first-order valence-corrected chi connectivity index (χ1v) is 8.03. The van der Waals surface area contributed by atoms with Crippen LogP contribution in [0.25, 0.3) is 10.8 Å². The Balaban J connectivity index is 1.55. The van der Waals surface area contributed by atoms with Gasteiger partial charge in [-0.1, -0.05) is 60.7 Å². The van der Waals surface area contributed by atoms with Gasteiger partial charge in [0.15, 0.2) is 0 Å². The van der Waals surface area contributed by atoms with Crippen molar-refractivity contribution in [2.45, 2.75) is 18.6 Å². The first-order chi connectivity index (χ1) is 11.7. The largest absolute Gasteiger partial charge is 0.390 e. The average Bonchev–Trinajstić information content (AvgIpc) is 2.91. The zero-order valence-corrected chi connectivity index (χ0v) is 13.1. The zero-order valence-electron chi connectivity index (χ0n) is 13.1. The van der Waals surface area contributed by atoms with Gasteiger partial charge in [-0.3, -0.25) is 0 Å². The molecule has 3 aromatic rings. The van der Waals surface area contributed by atoms with Crippen LogP contribution in [0.2, 0.25) is 0 Å². The monoisotopic (exact) mass is 318 g/mol. The highest BCUT2D eigenvalue weighted by molar-refractivity contribution is 6.01. The molecule has 2 atom stereocenters. The Kier molecular flexibility index (Phi) is 3.67. The van der Waals surface area contributed by atoms with Crippen LogP contribution in [0.15, 0.2) is 66.7 Å². The van der Waals surface area contributed by atoms with E-state index in [9.17, 15) is 9.90 Å². The number of urea groups is 1. The lowest BCUT2D eigenvalue weighted by Crippen LogP contribution is -2.36. The van der Waals surface area contributed by atoms with Crippen LogP contribution in [0.5, 0.6) is 0 Å². The van der Waals surface area contributed by atoms with Crippen molar-refractivity contribution in [3.05, 3.63) is 77.9 Å². The molecule has 3 aromatic carbocycles. The maximum Gasteiger partial charge on any atom is 0.319 e. The minimum atomic E-state index is -0.597. The van der Waals surface area contributed by atoms with Gasteiger partial charge in [0.2, 0.25) is 0 Å². The Morgan fingerprint density at radius 1 is 0.958 bits per heavy atom. The fraction of sp³-hybridized carbons (Fsp3) is 0.150. The van der Waals surface area contributed by atoms with Crippen molar-refractivity contribution < 1.29 is 9.90 Å². The number of hydrogen-bond donors (Lipinski definition) is 3. The molecule has 120 valence electrons. The third kappa shape index (κ3) is 2.61. The molecule has 0 saturated heterocycles. The first kappa shape index (κ1) is 14.7. The van der Waals surface area contributed by atoms with Crippen LogP contribution in [-0.2, 0) is 6.42 Å². The number of aliphatic hydroxyl groups is 1. The van der Waals surface area contributed by atoms with E-state index in [0.717, 1.165) is 27.6 Å². The van der Waals surface area contributed by atoms with Crippen molar-refractivity contribution >= 4 is 22.5 Å². The SMILES string of the molecule is O=C(Nc1cccc2ccccc12)NC1c2ccccc2CC1O. The highest BCUT2D eigenvalue weighted by Gasteiger charge is 2.31. The lowest BCUT2D eigenvalue weighted by atomic mass is 10.1. The number of carbonyl (C=O) groups is 1. The number of benzene rings is 3. The van der Waals surface area contributed by atoms with E-state index in [2.05, 4.69) is 10.6 Å². The van der Waals surface area contributed by atoms with Crippen molar-refractivity contribution in [3.63, 3.8) is 0 Å². The Bertz CT molecular complexity index is 902. The Morgan fingerprint density at radius 3 is 2.62 bits per heavy atom. The molecule has 4 nitrogen and oxygen atoms in total. The van der Waals surface area contributed by atoms with E-state index in [1.165, 1.54) is 0 Å². The van der Waals surface area contributed by atoms with Gasteiger partial charge in [-0.2, -0.15) is 0 Å². The van der Waals surface area contributed by atoms with Crippen LogP contribution in [-0.4, -0.2) is 17.2 Å². The minimum absolute atomic E-state index is 0.313. The molecular weight excluding hydrogens is 300 g/mol. The Hall–Kier alpha value is -2.85. The smallest absolute Gasteiger partial charge is 0.319 e. The highest BCUT2D eigenvalue weighted by Crippen LogP contribution is 2.31. The molecule has 4 rings (SSSR count). The normalized spacial score (nSPS) is 19.0. The molecule has 0 aromatic heterocycles. The van der Waals surface area contributed by atoms with E-state index in [-0.39, 0.29) is 12.1 Å². The Labute approximate surface area is 140 Å². The number of aliphatic hydroxyl groups excluding tert-OH is 1. The number of fused-ring (bicyclic) bond motifs is 2. The van der Waals surface area contributed by atoms with Gasteiger partial charge in [0.25, 0.3) is 0 Å². The first-order valence-electron chi connectivity index (χ1n) is 8.03. The molecule has 24 heavy (non-hydrogen) atoms. The second-order valence-corrected chi connectivity index (χ2v) is 6.07. The maximum absolute atomic E-state index is 12.4. The summed E-state index contributed by atoms with van der Waals surface area (Å²) in [4.78, 5) is 12.4. The number of rotatable bonds is 2. The molecule has 0 saturated carbocycles. The summed E-state index contributed by atoms with van der Waals surface area (Å²) >= 11 is 0. The summed E-state index contributed by atoms with van der Waals surface area (Å²) in [5.41, 5.74) is 2.82. The summed E-state index contributed by atoms with van der Waals surface area (Å²) in [6, 6.07) is 20.8. The van der Waals surface area contributed by atoms with Crippen molar-refractivity contribution in [2.24, 2.45) is 0 Å². The highest BCUT2D eigenvalue weighted by atomic mass is 16.3. The summed E-state index contributed by atoms with van der Waals surface area (Å²) in [6.07, 6.45) is -0.0317. The number of anilines is 1. The minimum Gasteiger partial charge on any atom is -0.390 e. The predicted molar refractivity (Wildman–Crippen MR) is 95.0 cm³/mol. The number of nitrogens with one attached hydrogen (secondary N) is 2. The van der Waals surface area contributed by atoms with Gasteiger partial charge < -0.3 is 15.7 Å². The van der Waals surface area contributed by atoms with Gasteiger partial charge in [-0.05, 0) is 22.6 Å². The quantitative estimate of drug-likeness (QED) is 0.676.